The van der Waals surface area contributed by atoms with Crippen LogP contribution in [0.15, 0.2) is 36.5 Å². The van der Waals surface area contributed by atoms with Gasteiger partial charge in [-0.25, -0.2) is 4.79 Å². The zero-order valence-electron chi connectivity index (χ0n) is 16.1. The molecule has 4 unspecified atom stereocenters. The van der Waals surface area contributed by atoms with E-state index < -0.39 is 12.1 Å². The molecule has 146 valence electrons. The Morgan fingerprint density at radius 2 is 2.08 bits per heavy atom. The fourth-order valence-electron chi connectivity index (χ4n) is 3.41. The summed E-state index contributed by atoms with van der Waals surface area (Å²) in [5.41, 5.74) is 0. The van der Waals surface area contributed by atoms with Crippen molar-refractivity contribution < 1.29 is 19.8 Å². The van der Waals surface area contributed by atoms with E-state index in [-0.39, 0.29) is 17.6 Å². The number of ketones is 1. The van der Waals surface area contributed by atoms with Crippen LogP contribution in [0.1, 0.15) is 65.2 Å². The molecule has 4 heteroatoms. The van der Waals surface area contributed by atoms with Crippen LogP contribution < -0.4 is 0 Å². The third kappa shape index (κ3) is 9.14. The van der Waals surface area contributed by atoms with Crippen LogP contribution in [0.2, 0.25) is 0 Å². The third-order valence-corrected chi connectivity index (χ3v) is 4.96. The molecule has 0 saturated heterocycles. The van der Waals surface area contributed by atoms with Crippen molar-refractivity contribution >= 4 is 11.8 Å². The van der Waals surface area contributed by atoms with Gasteiger partial charge >= 0.3 is 5.97 Å². The van der Waals surface area contributed by atoms with Gasteiger partial charge in [-0.15, -0.1) is 0 Å². The molecule has 0 saturated carbocycles. The molecule has 4 nitrogen and oxygen atoms in total. The van der Waals surface area contributed by atoms with E-state index in [9.17, 15) is 14.7 Å². The van der Waals surface area contributed by atoms with Crippen LogP contribution in [-0.4, -0.2) is 28.1 Å². The Kier molecular flexibility index (Phi) is 10.9. The number of unbranched alkanes of at least 4 members (excludes halogenated alkanes) is 3. The average Bonchev–Trinajstić information content (AvgIpc) is 2.94. The molecular weight excluding hydrogens is 328 g/mol. The second-order valence-corrected chi connectivity index (χ2v) is 7.41. The molecule has 26 heavy (non-hydrogen) atoms. The number of hydrogen-bond acceptors (Lipinski definition) is 3. The minimum atomic E-state index is -0.923. The number of carboxylic acid groups (broad SMARTS) is 1. The summed E-state index contributed by atoms with van der Waals surface area (Å²) in [4.78, 5) is 22.5. The van der Waals surface area contributed by atoms with Gasteiger partial charge in [0, 0.05) is 17.9 Å². The van der Waals surface area contributed by atoms with Crippen LogP contribution in [0, 0.1) is 17.8 Å². The van der Waals surface area contributed by atoms with Crippen LogP contribution in [-0.2, 0) is 9.59 Å². The first kappa shape index (κ1) is 22.4. The molecule has 1 aliphatic carbocycles. The highest BCUT2D eigenvalue weighted by molar-refractivity contribution is 5.94. The Bertz CT molecular complexity index is 518. The van der Waals surface area contributed by atoms with E-state index in [1.807, 2.05) is 18.2 Å². The van der Waals surface area contributed by atoms with Gasteiger partial charge in [0.1, 0.15) is 0 Å². The van der Waals surface area contributed by atoms with Gasteiger partial charge < -0.3 is 10.2 Å². The first-order valence-corrected chi connectivity index (χ1v) is 9.92. The van der Waals surface area contributed by atoms with Crippen molar-refractivity contribution in [3.8, 4) is 0 Å². The number of hydrogen-bond donors (Lipinski definition) is 2. The molecule has 0 heterocycles. The molecule has 0 aromatic heterocycles. The molecule has 0 spiro atoms. The number of rotatable bonds is 13. The number of carbonyl (C=O) groups is 2. The normalized spacial score (nSPS) is 22.5. The monoisotopic (exact) mass is 362 g/mol. The number of aliphatic hydroxyl groups excluding tert-OH is 1. The Morgan fingerprint density at radius 3 is 2.77 bits per heavy atom. The van der Waals surface area contributed by atoms with Crippen molar-refractivity contribution in [2.45, 2.75) is 71.3 Å². The second kappa shape index (κ2) is 12.6. The number of carboxylic acids is 1. The Labute approximate surface area is 157 Å². The van der Waals surface area contributed by atoms with E-state index in [2.05, 4.69) is 13.8 Å². The molecule has 0 amide bonds. The number of allylic oxidation sites excluding steroid dienone is 4. The maximum Gasteiger partial charge on any atom is 0.327 e. The van der Waals surface area contributed by atoms with Crippen LogP contribution in [0.25, 0.3) is 0 Å². The van der Waals surface area contributed by atoms with E-state index in [0.29, 0.717) is 5.92 Å². The van der Waals surface area contributed by atoms with E-state index in [0.717, 1.165) is 44.6 Å². The summed E-state index contributed by atoms with van der Waals surface area (Å²) in [7, 11) is 0. The summed E-state index contributed by atoms with van der Waals surface area (Å²) in [5, 5.41) is 18.7. The summed E-state index contributed by atoms with van der Waals surface area (Å²) in [6.45, 7) is 4.35. The van der Waals surface area contributed by atoms with Gasteiger partial charge in [0.05, 0.1) is 6.10 Å². The zero-order valence-corrected chi connectivity index (χ0v) is 16.1. The lowest BCUT2D eigenvalue weighted by molar-refractivity contribution is -0.131. The van der Waals surface area contributed by atoms with Gasteiger partial charge in [0.25, 0.3) is 0 Å². The smallest absolute Gasteiger partial charge is 0.327 e. The lowest BCUT2D eigenvalue weighted by atomic mass is 9.88. The molecule has 4 atom stereocenters. The van der Waals surface area contributed by atoms with Gasteiger partial charge in [-0.2, -0.15) is 0 Å². The molecular formula is C22H34O4. The molecule has 2 N–H and O–H groups in total. The lowest BCUT2D eigenvalue weighted by Crippen LogP contribution is -2.15. The molecule has 0 aromatic carbocycles. The first-order valence-electron chi connectivity index (χ1n) is 9.92. The fourth-order valence-corrected chi connectivity index (χ4v) is 3.41. The van der Waals surface area contributed by atoms with E-state index >= 15 is 0 Å². The van der Waals surface area contributed by atoms with E-state index in [4.69, 9.17) is 5.11 Å². The Hall–Kier alpha value is -1.68. The maximum atomic E-state index is 12.1. The van der Waals surface area contributed by atoms with Gasteiger partial charge in [-0.1, -0.05) is 63.8 Å². The Balaban J connectivity index is 2.38. The van der Waals surface area contributed by atoms with E-state index in [1.54, 1.807) is 12.2 Å². The molecule has 1 rings (SSSR count). The van der Waals surface area contributed by atoms with Crippen molar-refractivity contribution in [1.29, 1.82) is 0 Å². The van der Waals surface area contributed by atoms with Gasteiger partial charge in [-0.05, 0) is 37.7 Å². The molecule has 0 aliphatic heterocycles. The van der Waals surface area contributed by atoms with Crippen LogP contribution in [0.4, 0.5) is 0 Å². The summed E-state index contributed by atoms with van der Waals surface area (Å²) < 4.78 is 0. The average molecular weight is 363 g/mol. The van der Waals surface area contributed by atoms with Crippen molar-refractivity contribution in [2.75, 3.05) is 0 Å². The molecule has 0 fully saturated rings. The van der Waals surface area contributed by atoms with Gasteiger partial charge in [-0.3, -0.25) is 4.79 Å². The highest BCUT2D eigenvalue weighted by atomic mass is 16.4. The third-order valence-electron chi connectivity index (χ3n) is 4.96. The summed E-state index contributed by atoms with van der Waals surface area (Å²) >= 11 is 0. The maximum absolute atomic E-state index is 12.1. The minimum absolute atomic E-state index is 0.0422. The van der Waals surface area contributed by atoms with Crippen molar-refractivity contribution in [3.63, 3.8) is 0 Å². The minimum Gasteiger partial charge on any atom is -0.478 e. The SMILES string of the molecule is CCCCC(C)CC(O)C=CC1C=CC(=O)C1CCCCC=CC(=O)O. The number of aliphatic carboxylic acids is 1. The fraction of sp³-hybridized carbons (Fsp3) is 0.636. The summed E-state index contributed by atoms with van der Waals surface area (Å²) in [6.07, 6.45) is 17.3. The van der Waals surface area contributed by atoms with Crippen LogP contribution in [0.5, 0.6) is 0 Å². The quantitative estimate of drug-likeness (QED) is 0.283. The lowest BCUT2D eigenvalue weighted by Gasteiger charge is -2.16. The highest BCUT2D eigenvalue weighted by Gasteiger charge is 2.27. The largest absolute Gasteiger partial charge is 0.478 e. The second-order valence-electron chi connectivity index (χ2n) is 7.41. The highest BCUT2D eigenvalue weighted by Crippen LogP contribution is 2.29. The number of aliphatic hydroxyl groups is 1. The van der Waals surface area contributed by atoms with Crippen LogP contribution >= 0.6 is 0 Å². The predicted molar refractivity (Wildman–Crippen MR) is 105 cm³/mol. The summed E-state index contributed by atoms with van der Waals surface area (Å²) in [6, 6.07) is 0. The van der Waals surface area contributed by atoms with Crippen molar-refractivity contribution in [2.24, 2.45) is 17.8 Å². The number of carbonyl (C=O) groups excluding carboxylic acids is 1. The molecule has 0 aromatic rings. The molecule has 0 radical (unpaired) electrons. The molecule has 1 aliphatic rings. The van der Waals surface area contributed by atoms with Gasteiger partial charge in [0.15, 0.2) is 5.78 Å². The topological polar surface area (TPSA) is 74.6 Å². The molecule has 0 bridgehead atoms. The standard InChI is InChI=1S/C22H34O4/c1-3-4-9-17(2)16-19(23)14-12-18-13-15-21(24)20(18)10-7-5-6-8-11-22(25)26/h8,11-15,17-20,23H,3-7,9-10,16H2,1-2H3,(H,25,26). The summed E-state index contributed by atoms with van der Waals surface area (Å²) in [5.74, 6) is -0.235. The first-order chi connectivity index (χ1) is 12.4. The predicted octanol–water partition coefficient (Wildman–Crippen LogP) is 4.69. The van der Waals surface area contributed by atoms with Crippen molar-refractivity contribution in [3.05, 3.63) is 36.5 Å². The van der Waals surface area contributed by atoms with E-state index in [1.165, 1.54) is 12.8 Å². The van der Waals surface area contributed by atoms with Crippen LogP contribution in [0.3, 0.4) is 0 Å². The zero-order chi connectivity index (χ0) is 19.4. The van der Waals surface area contributed by atoms with Gasteiger partial charge in [0.2, 0.25) is 0 Å². The van der Waals surface area contributed by atoms with Crippen molar-refractivity contribution in [1.82, 2.24) is 0 Å². The Morgan fingerprint density at radius 1 is 1.31 bits per heavy atom.